The van der Waals surface area contributed by atoms with Gasteiger partial charge < -0.3 is 4.74 Å². The van der Waals surface area contributed by atoms with Gasteiger partial charge in [0.1, 0.15) is 17.1 Å². The van der Waals surface area contributed by atoms with Gasteiger partial charge >= 0.3 is 5.69 Å². The van der Waals surface area contributed by atoms with Crippen LogP contribution in [0.25, 0.3) is 6.08 Å². The summed E-state index contributed by atoms with van der Waals surface area (Å²) in [5, 5.41) is 17.4. The van der Waals surface area contributed by atoms with Crippen LogP contribution in [-0.2, 0) is 6.54 Å². The van der Waals surface area contributed by atoms with Crippen molar-refractivity contribution in [2.75, 3.05) is 7.11 Å². The van der Waals surface area contributed by atoms with E-state index in [-0.39, 0.29) is 11.5 Å². The van der Waals surface area contributed by atoms with Gasteiger partial charge in [-0.3, -0.25) is 19.6 Å². The zero-order valence-electron chi connectivity index (χ0n) is 16.0. The van der Waals surface area contributed by atoms with Crippen LogP contribution in [0.5, 0.6) is 5.75 Å². The number of aryl methyl sites for hydroxylation is 1. The highest BCUT2D eigenvalue weighted by molar-refractivity contribution is 9.10. The standard InChI is InChI=1S/C20H18BrN3O4S/c1-12-20(24(26)27)13(2)23(22-12)10-15-8-14(5-7-18(15)28-3)4-6-17(25)19-9-16(21)11-29-19/h4-9,11H,10H2,1-3H3/b6-4+. The summed E-state index contributed by atoms with van der Waals surface area (Å²) in [6.07, 6.45) is 3.26. The summed E-state index contributed by atoms with van der Waals surface area (Å²) >= 11 is 4.72. The molecule has 0 aliphatic rings. The Balaban J connectivity index is 1.88. The van der Waals surface area contributed by atoms with Crippen LogP contribution >= 0.6 is 27.3 Å². The third-order valence-corrected chi connectivity index (χ3v) is 6.09. The Labute approximate surface area is 179 Å². The molecule has 0 unspecified atom stereocenters. The molecule has 3 aromatic rings. The summed E-state index contributed by atoms with van der Waals surface area (Å²) in [6, 6.07) is 7.32. The van der Waals surface area contributed by atoms with Gasteiger partial charge in [0.25, 0.3) is 0 Å². The van der Waals surface area contributed by atoms with Gasteiger partial charge in [0.2, 0.25) is 0 Å². The second-order valence-corrected chi connectivity index (χ2v) is 8.16. The number of nitrogens with zero attached hydrogens (tertiary/aromatic N) is 3. The molecule has 29 heavy (non-hydrogen) atoms. The average Bonchev–Trinajstić information content (AvgIpc) is 3.23. The van der Waals surface area contributed by atoms with E-state index in [2.05, 4.69) is 21.0 Å². The molecule has 0 saturated carbocycles. The van der Waals surface area contributed by atoms with Crippen molar-refractivity contribution in [3.63, 3.8) is 0 Å². The molecular weight excluding hydrogens is 458 g/mol. The molecule has 0 saturated heterocycles. The van der Waals surface area contributed by atoms with Gasteiger partial charge in [-0.2, -0.15) is 5.10 Å². The maximum absolute atomic E-state index is 12.3. The fourth-order valence-corrected chi connectivity index (χ4v) is 4.34. The van der Waals surface area contributed by atoms with E-state index in [0.29, 0.717) is 28.6 Å². The summed E-state index contributed by atoms with van der Waals surface area (Å²) in [5.74, 6) is 0.568. The molecule has 0 bridgehead atoms. The molecule has 0 aliphatic carbocycles. The molecule has 2 aromatic heterocycles. The molecule has 0 fully saturated rings. The van der Waals surface area contributed by atoms with Gasteiger partial charge in [-0.1, -0.05) is 12.1 Å². The number of aromatic nitrogens is 2. The highest BCUT2D eigenvalue weighted by Crippen LogP contribution is 2.26. The first-order chi connectivity index (χ1) is 13.8. The number of thiophene rings is 1. The van der Waals surface area contributed by atoms with E-state index in [1.807, 2.05) is 17.5 Å². The minimum absolute atomic E-state index is 0.0210. The lowest BCUT2D eigenvalue weighted by atomic mass is 10.1. The van der Waals surface area contributed by atoms with E-state index >= 15 is 0 Å². The Bertz CT molecular complexity index is 1120. The van der Waals surface area contributed by atoms with Crippen molar-refractivity contribution in [1.29, 1.82) is 0 Å². The molecule has 0 N–H and O–H groups in total. The number of rotatable bonds is 7. The number of ketones is 1. The van der Waals surface area contributed by atoms with Crippen molar-refractivity contribution in [2.24, 2.45) is 0 Å². The Morgan fingerprint density at radius 3 is 2.72 bits per heavy atom. The largest absolute Gasteiger partial charge is 0.496 e. The monoisotopic (exact) mass is 475 g/mol. The fourth-order valence-electron chi connectivity index (χ4n) is 2.99. The maximum Gasteiger partial charge on any atom is 0.312 e. The molecular formula is C20H18BrN3O4S. The lowest BCUT2D eigenvalue weighted by molar-refractivity contribution is -0.386. The quantitative estimate of drug-likeness (QED) is 0.203. The predicted octanol–water partition coefficient (Wildman–Crippen LogP) is 5.19. The summed E-state index contributed by atoms with van der Waals surface area (Å²) in [6.45, 7) is 3.61. The van der Waals surface area contributed by atoms with E-state index in [9.17, 15) is 14.9 Å². The number of hydrogen-bond donors (Lipinski definition) is 0. The number of methoxy groups -OCH3 is 1. The minimum atomic E-state index is -0.418. The summed E-state index contributed by atoms with van der Waals surface area (Å²) in [7, 11) is 1.57. The first-order valence-electron chi connectivity index (χ1n) is 8.62. The van der Waals surface area contributed by atoms with Crippen LogP contribution in [0.3, 0.4) is 0 Å². The molecule has 0 atom stereocenters. The molecule has 0 amide bonds. The van der Waals surface area contributed by atoms with E-state index in [1.54, 1.807) is 43.8 Å². The highest BCUT2D eigenvalue weighted by Gasteiger charge is 2.22. The van der Waals surface area contributed by atoms with Crippen molar-refractivity contribution in [3.05, 3.63) is 77.7 Å². The molecule has 0 spiro atoms. The number of benzene rings is 1. The molecule has 2 heterocycles. The van der Waals surface area contributed by atoms with Crippen LogP contribution in [0, 0.1) is 24.0 Å². The van der Waals surface area contributed by atoms with Crippen LogP contribution in [0.15, 0.2) is 40.2 Å². The van der Waals surface area contributed by atoms with Crippen molar-refractivity contribution in [1.82, 2.24) is 9.78 Å². The lowest BCUT2D eigenvalue weighted by Crippen LogP contribution is -2.06. The van der Waals surface area contributed by atoms with E-state index in [4.69, 9.17) is 4.74 Å². The zero-order chi connectivity index (χ0) is 21.1. The van der Waals surface area contributed by atoms with Gasteiger partial charge in [-0.25, -0.2) is 0 Å². The molecule has 1 aromatic carbocycles. The van der Waals surface area contributed by atoms with Gasteiger partial charge in [-0.15, -0.1) is 11.3 Å². The summed E-state index contributed by atoms with van der Waals surface area (Å²) in [5.41, 5.74) is 2.50. The van der Waals surface area contributed by atoms with Crippen LogP contribution in [0.4, 0.5) is 5.69 Å². The van der Waals surface area contributed by atoms with Crippen molar-refractivity contribution in [2.45, 2.75) is 20.4 Å². The number of nitro groups is 1. The normalized spacial score (nSPS) is 11.2. The first-order valence-corrected chi connectivity index (χ1v) is 10.3. The number of hydrogen-bond acceptors (Lipinski definition) is 6. The van der Waals surface area contributed by atoms with Crippen LogP contribution in [0.2, 0.25) is 0 Å². The van der Waals surface area contributed by atoms with Gasteiger partial charge in [0.05, 0.1) is 23.5 Å². The predicted molar refractivity (Wildman–Crippen MR) is 116 cm³/mol. The zero-order valence-corrected chi connectivity index (χ0v) is 18.4. The van der Waals surface area contributed by atoms with E-state index < -0.39 is 4.92 Å². The fraction of sp³-hybridized carbons (Fsp3) is 0.200. The van der Waals surface area contributed by atoms with Gasteiger partial charge in [-0.05, 0) is 59.6 Å². The number of ether oxygens (including phenoxy) is 1. The minimum Gasteiger partial charge on any atom is -0.496 e. The van der Waals surface area contributed by atoms with E-state index in [1.165, 1.54) is 17.4 Å². The third-order valence-electron chi connectivity index (χ3n) is 4.39. The van der Waals surface area contributed by atoms with Crippen molar-refractivity contribution >= 4 is 44.8 Å². The Hall–Kier alpha value is -2.78. The Morgan fingerprint density at radius 2 is 2.14 bits per heavy atom. The number of allylic oxidation sites excluding steroid dienone is 1. The molecule has 3 rings (SSSR count). The Kier molecular flexibility index (Phi) is 6.29. The van der Waals surface area contributed by atoms with Gasteiger partial charge in [0, 0.05) is 15.4 Å². The highest BCUT2D eigenvalue weighted by atomic mass is 79.9. The van der Waals surface area contributed by atoms with Crippen LogP contribution < -0.4 is 4.74 Å². The van der Waals surface area contributed by atoms with E-state index in [0.717, 1.165) is 15.6 Å². The number of halogens is 1. The van der Waals surface area contributed by atoms with Gasteiger partial charge in [0.15, 0.2) is 5.78 Å². The number of carbonyl (C=O) groups is 1. The SMILES string of the molecule is COc1ccc(/C=C/C(=O)c2cc(Br)cs2)cc1Cn1nc(C)c([N+](=O)[O-])c1C. The molecule has 0 aliphatic heterocycles. The third kappa shape index (κ3) is 4.63. The molecule has 0 radical (unpaired) electrons. The van der Waals surface area contributed by atoms with Crippen LogP contribution in [0.1, 0.15) is 32.2 Å². The molecule has 7 nitrogen and oxygen atoms in total. The maximum atomic E-state index is 12.3. The molecule has 9 heteroatoms. The average molecular weight is 476 g/mol. The second kappa shape index (κ2) is 8.71. The van der Waals surface area contributed by atoms with Crippen molar-refractivity contribution in [3.8, 4) is 5.75 Å². The second-order valence-electron chi connectivity index (χ2n) is 6.33. The Morgan fingerprint density at radius 1 is 1.38 bits per heavy atom. The first kappa shape index (κ1) is 20.9. The van der Waals surface area contributed by atoms with Crippen molar-refractivity contribution < 1.29 is 14.5 Å². The summed E-state index contributed by atoms with van der Waals surface area (Å²) < 4.78 is 7.90. The smallest absolute Gasteiger partial charge is 0.312 e. The summed E-state index contributed by atoms with van der Waals surface area (Å²) in [4.78, 5) is 23.7. The molecule has 150 valence electrons. The lowest BCUT2D eigenvalue weighted by Gasteiger charge is -2.10. The van der Waals surface area contributed by atoms with Crippen LogP contribution in [-0.4, -0.2) is 27.6 Å². The topological polar surface area (TPSA) is 87.3 Å². The number of carbonyl (C=O) groups excluding carboxylic acids is 1.